The van der Waals surface area contributed by atoms with Crippen LogP contribution in [-0.2, 0) is 20.1 Å². The van der Waals surface area contributed by atoms with Gasteiger partial charge >= 0.3 is 10.1 Å². The molecular weight excluding hydrogens is 920 g/mol. The molecule has 0 aliphatic rings. The van der Waals surface area contributed by atoms with Crippen LogP contribution in [-0.4, -0.2) is 40.9 Å². The standard InChI is InChI=1S/C27H21IN2O5S2.C21H14N2O/c1-18-6-10-23(11-7-18)36(31,32)30-17-26(28)25-15-21(16-29-27(25)30)20-4-3-5-22(14-20)35-37(33,34)24-12-8-19(2)9-13-24;24-19-8-4-7-16(11-19)18-12-20-17(13-22-21(20)23-14-18)10-9-15-5-2-1-3-6-15/h3-17H,1-2H3;1-8,11-14,24H,(H,22,23). The maximum atomic E-state index is 13.3. The molecule has 0 saturated carbocycles. The zero-order valence-electron chi connectivity index (χ0n) is 32.6. The molecule has 4 heterocycles. The average Bonchev–Trinajstić information content (AvgIpc) is 3.83. The molecule has 0 unspecified atom stereocenters. The van der Waals surface area contributed by atoms with Gasteiger partial charge < -0.3 is 14.3 Å². The number of rotatable bonds is 7. The Morgan fingerprint density at radius 3 is 1.97 bits per heavy atom. The summed E-state index contributed by atoms with van der Waals surface area (Å²) >= 11 is 2.08. The van der Waals surface area contributed by atoms with Crippen LogP contribution in [0.3, 0.4) is 0 Å². The third-order valence-electron chi connectivity index (χ3n) is 9.65. The van der Waals surface area contributed by atoms with Gasteiger partial charge in [-0.2, -0.15) is 8.42 Å². The van der Waals surface area contributed by atoms with Crippen molar-refractivity contribution in [3.8, 4) is 45.6 Å². The Hall–Kier alpha value is -6.73. The molecule has 2 N–H and O–H groups in total. The molecule has 0 amide bonds. The fourth-order valence-electron chi connectivity index (χ4n) is 6.43. The number of aromatic amines is 1. The number of hydrogen-bond acceptors (Lipinski definition) is 8. The Bertz CT molecular complexity index is 3360. The number of aromatic nitrogens is 4. The van der Waals surface area contributed by atoms with E-state index in [9.17, 15) is 21.9 Å². The molecule has 5 aromatic carbocycles. The highest BCUT2D eigenvalue weighted by atomic mass is 127. The van der Waals surface area contributed by atoms with Crippen LogP contribution in [0.2, 0.25) is 0 Å². The van der Waals surface area contributed by atoms with Crippen LogP contribution < -0.4 is 4.18 Å². The highest BCUT2D eigenvalue weighted by Gasteiger charge is 2.22. The first-order chi connectivity index (χ1) is 29.3. The fourth-order valence-corrected chi connectivity index (χ4v) is 9.54. The molecule has 0 fully saturated rings. The van der Waals surface area contributed by atoms with Crippen LogP contribution >= 0.6 is 22.6 Å². The van der Waals surface area contributed by atoms with Crippen LogP contribution in [0.1, 0.15) is 22.3 Å². The van der Waals surface area contributed by atoms with E-state index in [2.05, 4.69) is 49.4 Å². The van der Waals surface area contributed by atoms with E-state index in [1.165, 1.54) is 16.1 Å². The summed E-state index contributed by atoms with van der Waals surface area (Å²) in [5.41, 5.74) is 8.13. The molecular formula is C48H35IN4O6S2. The SMILES string of the molecule is Cc1ccc(S(=O)(=O)Oc2cccc(-c3cnc4c(c3)c(I)cn4S(=O)(=O)c3ccc(C)cc3)c2)cc1.Oc1cccc(-c2cnc3[nH]cc(C#Cc4ccccc4)c3c2)c1. The predicted octanol–water partition coefficient (Wildman–Crippen LogP) is 10.3. The van der Waals surface area contributed by atoms with Gasteiger partial charge in [-0.05, 0) is 120 Å². The Labute approximate surface area is 366 Å². The van der Waals surface area contributed by atoms with Crippen LogP contribution in [0.15, 0.2) is 174 Å². The summed E-state index contributed by atoms with van der Waals surface area (Å²) in [6.07, 6.45) is 6.78. The summed E-state index contributed by atoms with van der Waals surface area (Å²) in [5.74, 6) is 6.77. The molecule has 4 aromatic heterocycles. The number of phenols is 1. The van der Waals surface area contributed by atoms with Gasteiger partial charge in [0.25, 0.3) is 10.0 Å². The Morgan fingerprint density at radius 2 is 1.28 bits per heavy atom. The molecule has 0 atom stereocenters. The molecule has 13 heteroatoms. The summed E-state index contributed by atoms with van der Waals surface area (Å²) in [6.45, 7) is 3.77. The molecule has 0 spiro atoms. The lowest BCUT2D eigenvalue weighted by Gasteiger charge is -2.10. The maximum Gasteiger partial charge on any atom is 0.339 e. The summed E-state index contributed by atoms with van der Waals surface area (Å²) in [4.78, 5) is 12.3. The monoisotopic (exact) mass is 954 g/mol. The second-order valence-corrected chi connectivity index (χ2v) is 18.6. The Balaban J connectivity index is 0.000000184. The minimum atomic E-state index is -4.00. The van der Waals surface area contributed by atoms with Crippen molar-refractivity contribution in [2.24, 2.45) is 0 Å². The quantitative estimate of drug-likeness (QED) is 0.0913. The van der Waals surface area contributed by atoms with E-state index in [0.717, 1.165) is 44.4 Å². The molecule has 0 bridgehead atoms. The summed E-state index contributed by atoms with van der Waals surface area (Å²) in [7, 11) is -7.83. The maximum absolute atomic E-state index is 13.3. The average molecular weight is 955 g/mol. The van der Waals surface area contributed by atoms with Crippen molar-refractivity contribution < 1.29 is 26.1 Å². The van der Waals surface area contributed by atoms with Crippen LogP contribution in [0.4, 0.5) is 0 Å². The van der Waals surface area contributed by atoms with Crippen LogP contribution in [0.25, 0.3) is 44.3 Å². The van der Waals surface area contributed by atoms with Crippen molar-refractivity contribution >= 4 is 64.8 Å². The number of fused-ring (bicyclic) bond motifs is 2. The summed E-state index contributed by atoms with van der Waals surface area (Å²) in [6, 6.07) is 40.7. The molecule has 61 heavy (non-hydrogen) atoms. The molecule has 9 rings (SSSR count). The molecule has 0 radical (unpaired) electrons. The smallest absolute Gasteiger partial charge is 0.339 e. The van der Waals surface area contributed by atoms with Gasteiger partial charge in [0.15, 0.2) is 5.65 Å². The summed E-state index contributed by atoms with van der Waals surface area (Å²) < 4.78 is 59.3. The highest BCUT2D eigenvalue weighted by molar-refractivity contribution is 14.1. The lowest BCUT2D eigenvalue weighted by molar-refractivity contribution is 0.475. The van der Waals surface area contributed by atoms with E-state index in [1.54, 1.807) is 91.4 Å². The number of hydrogen-bond donors (Lipinski definition) is 2. The topological polar surface area (TPSA) is 144 Å². The van der Waals surface area contributed by atoms with Crippen molar-refractivity contribution in [2.75, 3.05) is 0 Å². The number of halogens is 1. The van der Waals surface area contributed by atoms with Crippen LogP contribution in [0, 0.1) is 29.3 Å². The van der Waals surface area contributed by atoms with Gasteiger partial charge in [-0.1, -0.05) is 89.7 Å². The van der Waals surface area contributed by atoms with Crippen molar-refractivity contribution in [3.05, 3.63) is 190 Å². The van der Waals surface area contributed by atoms with Gasteiger partial charge in [0, 0.05) is 55.8 Å². The van der Waals surface area contributed by atoms with Crippen molar-refractivity contribution in [1.82, 2.24) is 18.9 Å². The molecule has 0 saturated heterocycles. The van der Waals surface area contributed by atoms with Gasteiger partial charge in [-0.25, -0.2) is 22.4 Å². The van der Waals surface area contributed by atoms with Gasteiger partial charge in [0.05, 0.1) is 10.5 Å². The third kappa shape index (κ3) is 9.07. The van der Waals surface area contributed by atoms with E-state index in [1.807, 2.05) is 74.6 Å². The van der Waals surface area contributed by atoms with Gasteiger partial charge in [0.1, 0.15) is 22.0 Å². The molecule has 9 aromatic rings. The first-order valence-corrected chi connectivity index (χ1v) is 22.7. The zero-order valence-corrected chi connectivity index (χ0v) is 36.4. The molecule has 0 aliphatic heterocycles. The third-order valence-corrected chi connectivity index (χ3v) is 13.4. The van der Waals surface area contributed by atoms with Gasteiger partial charge in [0.2, 0.25) is 0 Å². The second kappa shape index (κ2) is 17.1. The van der Waals surface area contributed by atoms with E-state index in [-0.39, 0.29) is 21.3 Å². The zero-order chi connectivity index (χ0) is 42.7. The number of nitrogens with zero attached hydrogens (tertiary/aromatic N) is 3. The van der Waals surface area contributed by atoms with Gasteiger partial charge in [-0.15, -0.1) is 0 Å². The van der Waals surface area contributed by atoms with Crippen molar-refractivity contribution in [2.45, 2.75) is 23.6 Å². The minimum absolute atomic E-state index is 0.0669. The lowest BCUT2D eigenvalue weighted by Crippen LogP contribution is -2.12. The van der Waals surface area contributed by atoms with E-state index in [0.29, 0.717) is 25.7 Å². The Morgan fingerprint density at radius 1 is 0.656 bits per heavy atom. The number of aromatic hydroxyl groups is 1. The van der Waals surface area contributed by atoms with E-state index in [4.69, 9.17) is 4.18 Å². The lowest BCUT2D eigenvalue weighted by atomic mass is 10.1. The normalized spacial score (nSPS) is 11.4. The van der Waals surface area contributed by atoms with Crippen molar-refractivity contribution in [1.29, 1.82) is 0 Å². The summed E-state index contributed by atoms with van der Waals surface area (Å²) in [5, 5.41) is 11.3. The first kappa shape index (κ1) is 41.0. The number of H-pyrrole nitrogens is 1. The largest absolute Gasteiger partial charge is 0.508 e. The number of benzene rings is 5. The van der Waals surface area contributed by atoms with Gasteiger partial charge in [-0.3, -0.25) is 0 Å². The molecule has 0 aliphatic carbocycles. The van der Waals surface area contributed by atoms with Crippen LogP contribution in [0.5, 0.6) is 11.5 Å². The minimum Gasteiger partial charge on any atom is -0.508 e. The number of phenolic OH excluding ortho intramolecular Hbond substituents is 1. The molecule has 302 valence electrons. The first-order valence-electron chi connectivity index (χ1n) is 18.8. The second-order valence-electron chi connectivity index (χ2n) is 14.1. The molecule has 10 nitrogen and oxygen atoms in total. The number of pyridine rings is 2. The van der Waals surface area contributed by atoms with E-state index < -0.39 is 20.1 Å². The van der Waals surface area contributed by atoms with Crippen molar-refractivity contribution in [3.63, 3.8) is 0 Å². The fraction of sp³-hybridized carbons (Fsp3) is 0.0417. The highest BCUT2D eigenvalue weighted by Crippen LogP contribution is 2.32. The predicted molar refractivity (Wildman–Crippen MR) is 246 cm³/mol. The van der Waals surface area contributed by atoms with E-state index >= 15 is 0 Å². The number of aryl methyl sites for hydroxylation is 2. The Kier molecular flexibility index (Phi) is 11.5. The number of nitrogens with one attached hydrogen (secondary N) is 1.